The first-order valence-corrected chi connectivity index (χ1v) is 12.4. The van der Waals surface area contributed by atoms with E-state index in [9.17, 15) is 30.7 Å². The van der Waals surface area contributed by atoms with Crippen LogP contribution in [-0.4, -0.2) is 25.2 Å². The maximum atomic E-state index is 14.3. The van der Waals surface area contributed by atoms with E-state index in [1.807, 2.05) is 30.3 Å². The van der Waals surface area contributed by atoms with Crippen molar-refractivity contribution >= 4 is 12.2 Å². The fraction of sp³-hybridized carbons (Fsp3) is 0.310. The Labute approximate surface area is 224 Å². The maximum absolute atomic E-state index is 14.3. The van der Waals surface area contributed by atoms with Crippen LogP contribution in [-0.2, 0) is 31.0 Å². The highest BCUT2D eigenvalue weighted by Gasteiger charge is 2.59. The van der Waals surface area contributed by atoms with Crippen molar-refractivity contribution in [1.82, 2.24) is 0 Å². The molecule has 40 heavy (non-hydrogen) atoms. The molecular formula is C29H23F7O4. The molecule has 2 aliphatic heterocycles. The highest BCUT2D eigenvalue weighted by atomic mass is 19.4. The van der Waals surface area contributed by atoms with Gasteiger partial charge in [-0.2, -0.15) is 8.78 Å². The Morgan fingerprint density at radius 1 is 0.800 bits per heavy atom. The lowest BCUT2D eigenvalue weighted by molar-refractivity contribution is -0.432. The monoisotopic (exact) mass is 568 g/mol. The van der Waals surface area contributed by atoms with Gasteiger partial charge in [0, 0.05) is 5.56 Å². The topological polar surface area (TPSA) is 36.9 Å². The minimum absolute atomic E-state index is 0.138. The molecular weight excluding hydrogens is 545 g/mol. The van der Waals surface area contributed by atoms with E-state index < -0.39 is 41.2 Å². The summed E-state index contributed by atoms with van der Waals surface area (Å²) in [7, 11) is 0. The quantitative estimate of drug-likeness (QED) is 0.203. The van der Waals surface area contributed by atoms with Crippen LogP contribution < -0.4 is 0 Å². The third kappa shape index (κ3) is 5.64. The second kappa shape index (κ2) is 10.3. The number of halogens is 7. The first kappa shape index (κ1) is 28.3. The van der Waals surface area contributed by atoms with Crippen molar-refractivity contribution in [2.24, 2.45) is 0 Å². The van der Waals surface area contributed by atoms with E-state index in [2.05, 4.69) is 11.7 Å². The third-order valence-electron chi connectivity index (χ3n) is 6.66. The molecule has 2 bridgehead atoms. The van der Waals surface area contributed by atoms with Gasteiger partial charge in [-0.1, -0.05) is 74.0 Å². The predicted octanol–water partition coefficient (Wildman–Crippen LogP) is 8.11. The molecule has 0 amide bonds. The van der Waals surface area contributed by atoms with Gasteiger partial charge >= 0.3 is 18.4 Å². The van der Waals surface area contributed by atoms with Gasteiger partial charge in [0.05, 0.1) is 13.2 Å². The third-order valence-corrected chi connectivity index (χ3v) is 6.66. The number of hydrogen-bond acceptors (Lipinski definition) is 4. The van der Waals surface area contributed by atoms with E-state index in [4.69, 9.17) is 14.2 Å². The zero-order valence-corrected chi connectivity index (χ0v) is 21.0. The highest BCUT2D eigenvalue weighted by Crippen LogP contribution is 2.48. The van der Waals surface area contributed by atoms with E-state index in [1.54, 1.807) is 18.2 Å². The van der Waals surface area contributed by atoms with Crippen LogP contribution in [0.5, 0.6) is 0 Å². The molecule has 0 aliphatic carbocycles. The summed E-state index contributed by atoms with van der Waals surface area (Å²) in [5.41, 5.74) is -0.0758. The van der Waals surface area contributed by atoms with Crippen LogP contribution >= 0.6 is 0 Å². The van der Waals surface area contributed by atoms with Gasteiger partial charge < -0.3 is 14.2 Å². The van der Waals surface area contributed by atoms with Crippen molar-refractivity contribution in [2.45, 2.75) is 43.8 Å². The minimum Gasteiger partial charge on any atom is -0.320 e. The molecule has 2 fully saturated rings. The summed E-state index contributed by atoms with van der Waals surface area (Å²) in [6, 6.07) is 14.7. The Hall–Kier alpha value is -3.25. The average molecular weight is 568 g/mol. The second-order valence-corrected chi connectivity index (χ2v) is 9.63. The number of alkyl halides is 5. The van der Waals surface area contributed by atoms with Crippen LogP contribution in [0, 0.1) is 11.6 Å². The van der Waals surface area contributed by atoms with Gasteiger partial charge in [-0.25, -0.2) is 13.5 Å². The summed E-state index contributed by atoms with van der Waals surface area (Å²) in [6.45, 7) is 3.02. The molecule has 2 heterocycles. The summed E-state index contributed by atoms with van der Waals surface area (Å²) in [5, 5.41) is 0. The lowest BCUT2D eigenvalue weighted by Crippen LogP contribution is -2.35. The fourth-order valence-electron chi connectivity index (χ4n) is 4.81. The Kier molecular flexibility index (Phi) is 7.28. The predicted molar refractivity (Wildman–Crippen MR) is 131 cm³/mol. The van der Waals surface area contributed by atoms with E-state index >= 15 is 0 Å². The lowest BCUT2D eigenvalue weighted by Gasteiger charge is -2.24. The van der Waals surface area contributed by atoms with E-state index in [0.29, 0.717) is 25.3 Å². The van der Waals surface area contributed by atoms with Crippen molar-refractivity contribution in [1.29, 1.82) is 0 Å². The molecule has 0 unspecified atom stereocenters. The Balaban J connectivity index is 1.27. The van der Waals surface area contributed by atoms with Crippen LogP contribution in [0.1, 0.15) is 42.0 Å². The van der Waals surface area contributed by atoms with Crippen molar-refractivity contribution in [3.63, 3.8) is 0 Å². The highest BCUT2D eigenvalue weighted by molar-refractivity contribution is 5.72. The first-order valence-electron chi connectivity index (χ1n) is 12.4. The van der Waals surface area contributed by atoms with Crippen molar-refractivity contribution in [3.8, 4) is 11.1 Å². The maximum Gasteiger partial charge on any atom is 0.527 e. The number of rotatable bonds is 8. The van der Waals surface area contributed by atoms with Gasteiger partial charge in [-0.05, 0) is 40.8 Å². The largest absolute Gasteiger partial charge is 0.527 e. The van der Waals surface area contributed by atoms with Gasteiger partial charge in [0.15, 0.2) is 0 Å². The van der Waals surface area contributed by atoms with Gasteiger partial charge in [0.2, 0.25) is 0 Å². The van der Waals surface area contributed by atoms with Gasteiger partial charge in [0.25, 0.3) is 0 Å². The molecule has 2 aliphatic rings. The minimum atomic E-state index is -5.79. The first-order chi connectivity index (χ1) is 18.8. The molecule has 0 radical (unpaired) electrons. The van der Waals surface area contributed by atoms with E-state index in [0.717, 1.165) is 29.5 Å². The van der Waals surface area contributed by atoms with E-state index in [-0.39, 0.29) is 11.1 Å². The summed E-state index contributed by atoms with van der Waals surface area (Å²) in [6.07, 6.45) is -5.61. The van der Waals surface area contributed by atoms with Crippen LogP contribution in [0.3, 0.4) is 0 Å². The van der Waals surface area contributed by atoms with Crippen molar-refractivity contribution < 1.29 is 49.7 Å². The van der Waals surface area contributed by atoms with Crippen LogP contribution in [0.2, 0.25) is 0 Å². The van der Waals surface area contributed by atoms with Gasteiger partial charge in [0.1, 0.15) is 22.8 Å². The molecule has 5 rings (SSSR count). The molecule has 0 N–H and O–H groups in total. The zero-order valence-electron chi connectivity index (χ0n) is 21.0. The molecule has 0 saturated carbocycles. The summed E-state index contributed by atoms with van der Waals surface area (Å²) < 4.78 is 113. The van der Waals surface area contributed by atoms with Crippen molar-refractivity contribution in [3.05, 3.63) is 94.6 Å². The molecule has 3 aromatic rings. The van der Waals surface area contributed by atoms with Crippen LogP contribution in [0.25, 0.3) is 23.3 Å². The molecule has 0 aromatic heterocycles. The molecule has 0 atom stereocenters. The molecule has 0 spiro atoms. The molecule has 3 aromatic carbocycles. The number of hydrogen-bond donors (Lipinski definition) is 0. The van der Waals surface area contributed by atoms with E-state index in [1.165, 1.54) is 12.1 Å². The number of benzene rings is 3. The van der Waals surface area contributed by atoms with Gasteiger partial charge in [-0.3, -0.25) is 0 Å². The molecule has 11 heteroatoms. The number of fused-ring (bicyclic) bond motifs is 2. The zero-order chi connectivity index (χ0) is 28.8. The Morgan fingerprint density at radius 2 is 1.32 bits per heavy atom. The van der Waals surface area contributed by atoms with Crippen molar-refractivity contribution in [2.75, 3.05) is 13.2 Å². The van der Waals surface area contributed by atoms with Crippen LogP contribution in [0.15, 0.2) is 60.7 Å². The smallest absolute Gasteiger partial charge is 0.320 e. The molecule has 4 nitrogen and oxygen atoms in total. The van der Waals surface area contributed by atoms with Crippen LogP contribution in [0.4, 0.5) is 30.7 Å². The summed E-state index contributed by atoms with van der Waals surface area (Å²) >= 11 is 0. The summed E-state index contributed by atoms with van der Waals surface area (Å²) in [4.78, 5) is 0. The lowest BCUT2D eigenvalue weighted by atomic mass is 10.0. The SMILES string of the molecule is CCCC12COC(c3ccc(C=Cc4ccc(-c5cc(F)c(C(F)(F)OC(F)(F)F)c(F)c5)cc4)cc3)(OC1)O2. The Morgan fingerprint density at radius 3 is 1.82 bits per heavy atom. The molecule has 2 saturated heterocycles. The number of ether oxygens (including phenoxy) is 4. The standard InChI is InChI=1S/C29H23F7O4/c1-2-13-26-16-37-28(39-26,38-17-26)22-11-7-19(8-12-22)4-3-18-5-9-20(10-6-18)21-14-23(30)25(24(31)15-21)27(32,33)40-29(34,35)36/h3-12,14-15H,2,13,16-17H2,1H3. The average Bonchev–Trinajstić information content (AvgIpc) is 3.43. The summed E-state index contributed by atoms with van der Waals surface area (Å²) in [5.74, 6) is -4.93. The normalized spacial score (nSPS) is 22.9. The molecule has 212 valence electrons. The van der Waals surface area contributed by atoms with Gasteiger partial charge in [-0.15, -0.1) is 13.2 Å². The second-order valence-electron chi connectivity index (χ2n) is 9.63. The fourth-order valence-corrected chi connectivity index (χ4v) is 4.81. The Bertz CT molecular complexity index is 1370.